The van der Waals surface area contributed by atoms with E-state index in [-0.39, 0.29) is 25.0 Å². The Balaban J connectivity index is 1.18. The Morgan fingerprint density at radius 1 is 0.944 bits per heavy atom. The molecule has 2 aliphatic carbocycles. The molecule has 2 aliphatic rings. The lowest BCUT2D eigenvalue weighted by atomic mass is 9.98. The molecule has 3 aromatic rings. The minimum absolute atomic E-state index is 0.0904. The average molecular weight is 487 g/mol. The SMILES string of the molecule is O=C(NC(Cc1ccc(OC2CCCCC2)nc1)C(=O)O)OCC1c2ccccc2-c2ccccc21. The molecule has 2 N–H and O–H groups in total. The number of rotatable bonds is 8. The zero-order valence-electron chi connectivity index (χ0n) is 20.1. The first-order valence-electron chi connectivity index (χ1n) is 12.5. The normalized spacial score (nSPS) is 16.0. The van der Waals surface area contributed by atoms with Crippen LogP contribution in [0.25, 0.3) is 11.1 Å². The van der Waals surface area contributed by atoms with Gasteiger partial charge in [-0.05, 0) is 53.5 Å². The molecule has 7 heteroatoms. The number of ether oxygens (including phenoxy) is 2. The van der Waals surface area contributed by atoms with Gasteiger partial charge in [0.15, 0.2) is 0 Å². The number of nitrogens with one attached hydrogen (secondary N) is 1. The molecular weight excluding hydrogens is 456 g/mol. The summed E-state index contributed by atoms with van der Waals surface area (Å²) in [6.45, 7) is 0.126. The Kier molecular flexibility index (Phi) is 7.16. The van der Waals surface area contributed by atoms with Crippen molar-refractivity contribution >= 4 is 12.1 Å². The number of aromatic nitrogens is 1. The third-order valence-corrected chi connectivity index (χ3v) is 7.01. The number of fused-ring (bicyclic) bond motifs is 3. The van der Waals surface area contributed by atoms with Gasteiger partial charge in [0.05, 0.1) is 0 Å². The third kappa shape index (κ3) is 5.35. The van der Waals surface area contributed by atoms with Crippen molar-refractivity contribution in [2.24, 2.45) is 0 Å². The summed E-state index contributed by atoms with van der Waals surface area (Å²) in [4.78, 5) is 28.7. The van der Waals surface area contributed by atoms with E-state index in [0.29, 0.717) is 11.4 Å². The first-order valence-corrected chi connectivity index (χ1v) is 12.5. The van der Waals surface area contributed by atoms with Gasteiger partial charge in [-0.3, -0.25) is 0 Å². The van der Waals surface area contributed by atoms with E-state index in [2.05, 4.69) is 22.4 Å². The van der Waals surface area contributed by atoms with Crippen molar-refractivity contribution in [2.75, 3.05) is 6.61 Å². The maximum atomic E-state index is 12.6. The summed E-state index contributed by atoms with van der Waals surface area (Å²) in [5.41, 5.74) is 5.16. The Bertz CT molecular complexity index is 1170. The molecular formula is C29H30N2O5. The van der Waals surface area contributed by atoms with Crippen LogP contribution in [0.3, 0.4) is 0 Å². The summed E-state index contributed by atoms with van der Waals surface area (Å²) in [7, 11) is 0. The zero-order valence-corrected chi connectivity index (χ0v) is 20.1. The molecule has 0 bridgehead atoms. The zero-order chi connectivity index (χ0) is 24.9. The lowest BCUT2D eigenvalue weighted by molar-refractivity contribution is -0.139. The monoisotopic (exact) mass is 486 g/mol. The van der Waals surface area contributed by atoms with Crippen LogP contribution in [0.4, 0.5) is 4.79 Å². The van der Waals surface area contributed by atoms with Crippen molar-refractivity contribution < 1.29 is 24.2 Å². The lowest BCUT2D eigenvalue weighted by Gasteiger charge is -2.22. The van der Waals surface area contributed by atoms with Crippen molar-refractivity contribution in [2.45, 2.75) is 56.6 Å². The molecule has 1 saturated carbocycles. The molecule has 186 valence electrons. The van der Waals surface area contributed by atoms with Crippen LogP contribution >= 0.6 is 0 Å². The van der Waals surface area contributed by atoms with Gasteiger partial charge in [-0.25, -0.2) is 14.6 Å². The van der Waals surface area contributed by atoms with E-state index in [1.165, 1.54) is 19.3 Å². The van der Waals surface area contributed by atoms with E-state index in [0.717, 1.165) is 35.1 Å². The summed E-state index contributed by atoms with van der Waals surface area (Å²) in [5, 5.41) is 12.2. The van der Waals surface area contributed by atoms with Gasteiger partial charge < -0.3 is 19.9 Å². The predicted molar refractivity (Wildman–Crippen MR) is 135 cm³/mol. The van der Waals surface area contributed by atoms with E-state index in [1.807, 2.05) is 36.4 Å². The molecule has 1 heterocycles. The molecule has 36 heavy (non-hydrogen) atoms. The van der Waals surface area contributed by atoms with Crippen LogP contribution in [0.1, 0.15) is 54.7 Å². The molecule has 1 fully saturated rings. The largest absolute Gasteiger partial charge is 0.480 e. The maximum absolute atomic E-state index is 12.6. The van der Waals surface area contributed by atoms with Gasteiger partial charge in [-0.2, -0.15) is 0 Å². The van der Waals surface area contributed by atoms with Crippen molar-refractivity contribution in [3.63, 3.8) is 0 Å². The Labute approximate surface area is 210 Å². The summed E-state index contributed by atoms with van der Waals surface area (Å²) in [5.74, 6) is -0.680. The van der Waals surface area contributed by atoms with Crippen LogP contribution in [0, 0.1) is 0 Å². The highest BCUT2D eigenvalue weighted by Gasteiger charge is 2.30. The molecule has 7 nitrogen and oxygen atoms in total. The van der Waals surface area contributed by atoms with Gasteiger partial charge in [0, 0.05) is 24.6 Å². The number of aliphatic carboxylic acids is 1. The molecule has 1 unspecified atom stereocenters. The first-order chi connectivity index (χ1) is 17.6. The van der Waals surface area contributed by atoms with Crippen LogP contribution in [0.5, 0.6) is 5.88 Å². The van der Waals surface area contributed by atoms with E-state index in [1.54, 1.807) is 18.3 Å². The lowest BCUT2D eigenvalue weighted by Crippen LogP contribution is -2.42. The molecule has 1 aromatic heterocycles. The number of benzene rings is 2. The second-order valence-corrected chi connectivity index (χ2v) is 9.45. The van der Waals surface area contributed by atoms with Gasteiger partial charge in [-0.15, -0.1) is 0 Å². The van der Waals surface area contributed by atoms with E-state index < -0.39 is 18.1 Å². The molecule has 0 aliphatic heterocycles. The van der Waals surface area contributed by atoms with Gasteiger partial charge in [-0.1, -0.05) is 61.0 Å². The Hall–Kier alpha value is -3.87. The van der Waals surface area contributed by atoms with Crippen LogP contribution in [-0.4, -0.2) is 40.9 Å². The van der Waals surface area contributed by atoms with Gasteiger partial charge >= 0.3 is 12.1 Å². The highest BCUT2D eigenvalue weighted by Crippen LogP contribution is 2.44. The minimum atomic E-state index is -1.13. The molecule has 2 aromatic carbocycles. The number of nitrogens with zero attached hydrogens (tertiary/aromatic N) is 1. The van der Waals surface area contributed by atoms with Crippen molar-refractivity contribution in [3.05, 3.63) is 83.6 Å². The van der Waals surface area contributed by atoms with Crippen LogP contribution < -0.4 is 10.1 Å². The van der Waals surface area contributed by atoms with Gasteiger partial charge in [0.25, 0.3) is 0 Å². The number of carbonyl (C=O) groups excluding carboxylic acids is 1. The summed E-state index contributed by atoms with van der Waals surface area (Å²) < 4.78 is 11.5. The Morgan fingerprint density at radius 3 is 2.22 bits per heavy atom. The summed E-state index contributed by atoms with van der Waals surface area (Å²) >= 11 is 0. The van der Waals surface area contributed by atoms with Gasteiger partial charge in [0.1, 0.15) is 18.8 Å². The average Bonchev–Trinajstić information content (AvgIpc) is 3.22. The topological polar surface area (TPSA) is 97.8 Å². The molecule has 5 rings (SSSR count). The fraction of sp³-hybridized carbons (Fsp3) is 0.345. The summed E-state index contributed by atoms with van der Waals surface area (Å²) in [6, 6.07) is 18.5. The number of carboxylic acids is 1. The highest BCUT2D eigenvalue weighted by molar-refractivity contribution is 5.81. The number of amides is 1. The molecule has 0 saturated heterocycles. The number of carboxylic acid groups (broad SMARTS) is 1. The van der Waals surface area contributed by atoms with Crippen LogP contribution in [0.15, 0.2) is 66.9 Å². The minimum Gasteiger partial charge on any atom is -0.480 e. The van der Waals surface area contributed by atoms with Gasteiger partial charge in [0.2, 0.25) is 5.88 Å². The fourth-order valence-electron chi connectivity index (χ4n) is 5.17. The van der Waals surface area contributed by atoms with Crippen LogP contribution in [0.2, 0.25) is 0 Å². The van der Waals surface area contributed by atoms with E-state index in [4.69, 9.17) is 9.47 Å². The summed E-state index contributed by atoms with van der Waals surface area (Å²) in [6.07, 6.45) is 6.80. The molecule has 1 amide bonds. The quantitative estimate of drug-likeness (QED) is 0.447. The fourth-order valence-corrected chi connectivity index (χ4v) is 5.17. The second kappa shape index (κ2) is 10.8. The standard InChI is InChI=1S/C29H30N2O5/c32-28(33)26(16-19-14-15-27(30-17-19)36-20-8-2-1-3-9-20)31-29(34)35-18-25-23-12-6-4-10-21(23)22-11-5-7-13-24(22)25/h4-7,10-15,17,20,25-26H,1-3,8-9,16,18H2,(H,31,34)(H,32,33). The number of pyridine rings is 1. The van der Waals surface area contributed by atoms with Crippen molar-refractivity contribution in [1.82, 2.24) is 10.3 Å². The number of alkyl carbamates (subject to hydrolysis) is 1. The predicted octanol–water partition coefficient (Wildman–Crippen LogP) is 5.33. The van der Waals surface area contributed by atoms with E-state index >= 15 is 0 Å². The molecule has 0 spiro atoms. The first kappa shape index (κ1) is 23.9. The highest BCUT2D eigenvalue weighted by atomic mass is 16.5. The van der Waals surface area contributed by atoms with Crippen molar-refractivity contribution in [3.8, 4) is 17.0 Å². The van der Waals surface area contributed by atoms with E-state index in [9.17, 15) is 14.7 Å². The maximum Gasteiger partial charge on any atom is 0.407 e. The number of hydrogen-bond acceptors (Lipinski definition) is 5. The number of carbonyl (C=O) groups is 2. The molecule has 0 radical (unpaired) electrons. The Morgan fingerprint density at radius 2 is 1.61 bits per heavy atom. The smallest absolute Gasteiger partial charge is 0.407 e. The van der Waals surface area contributed by atoms with Crippen LogP contribution in [-0.2, 0) is 16.0 Å². The van der Waals surface area contributed by atoms with Crippen molar-refractivity contribution in [1.29, 1.82) is 0 Å². The number of hydrogen-bond donors (Lipinski definition) is 2. The second-order valence-electron chi connectivity index (χ2n) is 9.45. The third-order valence-electron chi connectivity index (χ3n) is 7.01. The molecule has 1 atom stereocenters.